The Labute approximate surface area is 55.8 Å². The molecule has 2 heteroatoms. The zero-order valence-electron chi connectivity index (χ0n) is 5.80. The van der Waals surface area contributed by atoms with Crippen LogP contribution in [0.1, 0.15) is 19.8 Å². The van der Waals surface area contributed by atoms with E-state index in [0.29, 0.717) is 12.8 Å². The van der Waals surface area contributed by atoms with Gasteiger partial charge in [0.25, 0.3) is 0 Å². The Balaban J connectivity index is 3.26. The third kappa shape index (κ3) is 5.53. The van der Waals surface area contributed by atoms with Crippen molar-refractivity contribution in [2.45, 2.75) is 25.9 Å². The first-order chi connectivity index (χ1) is 4.16. The average Bonchev–Trinajstić information content (AvgIpc) is 1.63. The molecule has 0 aromatic carbocycles. The van der Waals surface area contributed by atoms with Gasteiger partial charge in [-0.1, -0.05) is 5.57 Å². The van der Waals surface area contributed by atoms with Gasteiger partial charge in [0.15, 0.2) is 0 Å². The van der Waals surface area contributed by atoms with Crippen molar-refractivity contribution >= 4 is 0 Å². The summed E-state index contributed by atoms with van der Waals surface area (Å²) in [6.45, 7) is 5.55. The Hall–Kier alpha value is -0.340. The van der Waals surface area contributed by atoms with Gasteiger partial charge in [-0.15, -0.1) is 6.58 Å². The summed E-state index contributed by atoms with van der Waals surface area (Å²) in [5.74, 6) is 0. The second kappa shape index (κ2) is 4.53. The second-order valence-corrected chi connectivity index (χ2v) is 2.33. The van der Waals surface area contributed by atoms with Crippen LogP contribution in [0.2, 0.25) is 0 Å². The highest BCUT2D eigenvalue weighted by atomic mass is 16.3. The van der Waals surface area contributed by atoms with E-state index in [9.17, 15) is 0 Å². The molecule has 0 spiro atoms. The van der Waals surface area contributed by atoms with E-state index >= 15 is 0 Å². The van der Waals surface area contributed by atoms with E-state index in [1.165, 1.54) is 0 Å². The predicted octanol–water partition coefficient (Wildman–Crippen LogP) is 0.696. The van der Waals surface area contributed by atoms with Gasteiger partial charge in [0.2, 0.25) is 0 Å². The number of rotatable bonds is 4. The second-order valence-electron chi connectivity index (χ2n) is 2.33. The van der Waals surface area contributed by atoms with Crippen LogP contribution in [0.15, 0.2) is 12.2 Å². The highest BCUT2D eigenvalue weighted by molar-refractivity contribution is 4.90. The SMILES string of the molecule is C=C(C)C[C@@H](O)CCO. The minimum Gasteiger partial charge on any atom is -0.396 e. The third-order valence-corrected chi connectivity index (χ3v) is 1.05. The van der Waals surface area contributed by atoms with E-state index in [4.69, 9.17) is 10.2 Å². The van der Waals surface area contributed by atoms with E-state index in [1.807, 2.05) is 6.92 Å². The Morgan fingerprint density at radius 2 is 2.22 bits per heavy atom. The quantitative estimate of drug-likeness (QED) is 0.550. The van der Waals surface area contributed by atoms with Gasteiger partial charge in [0.1, 0.15) is 0 Å². The van der Waals surface area contributed by atoms with Crippen LogP contribution in [0.4, 0.5) is 0 Å². The fourth-order valence-corrected chi connectivity index (χ4v) is 0.653. The van der Waals surface area contributed by atoms with Gasteiger partial charge < -0.3 is 10.2 Å². The molecule has 0 amide bonds. The molecule has 9 heavy (non-hydrogen) atoms. The molecule has 1 atom stereocenters. The lowest BCUT2D eigenvalue weighted by molar-refractivity contribution is 0.133. The molecular weight excluding hydrogens is 116 g/mol. The van der Waals surface area contributed by atoms with Gasteiger partial charge >= 0.3 is 0 Å². The summed E-state index contributed by atoms with van der Waals surface area (Å²) < 4.78 is 0. The fraction of sp³-hybridized carbons (Fsp3) is 0.714. The standard InChI is InChI=1S/C7H14O2/c1-6(2)5-7(9)3-4-8/h7-9H,1,3-5H2,2H3/t7-/m0/s1. The molecule has 0 aliphatic heterocycles. The Kier molecular flexibility index (Phi) is 4.36. The largest absolute Gasteiger partial charge is 0.396 e. The average molecular weight is 130 g/mol. The van der Waals surface area contributed by atoms with Crippen LogP contribution in [-0.2, 0) is 0 Å². The van der Waals surface area contributed by atoms with Crippen molar-refractivity contribution in [3.63, 3.8) is 0 Å². The molecule has 0 radical (unpaired) electrons. The van der Waals surface area contributed by atoms with Crippen molar-refractivity contribution in [3.05, 3.63) is 12.2 Å². The molecule has 0 saturated heterocycles. The molecule has 0 rings (SSSR count). The summed E-state index contributed by atoms with van der Waals surface area (Å²) in [6, 6.07) is 0. The normalized spacial score (nSPS) is 13.2. The lowest BCUT2D eigenvalue weighted by Gasteiger charge is -2.06. The van der Waals surface area contributed by atoms with Crippen molar-refractivity contribution in [2.75, 3.05) is 6.61 Å². The molecule has 0 heterocycles. The molecule has 0 bridgehead atoms. The summed E-state index contributed by atoms with van der Waals surface area (Å²) in [4.78, 5) is 0. The summed E-state index contributed by atoms with van der Waals surface area (Å²) in [7, 11) is 0. The first-order valence-corrected chi connectivity index (χ1v) is 3.10. The van der Waals surface area contributed by atoms with Crippen LogP contribution < -0.4 is 0 Å². The monoisotopic (exact) mass is 130 g/mol. The zero-order valence-corrected chi connectivity index (χ0v) is 5.80. The maximum Gasteiger partial charge on any atom is 0.0598 e. The maximum absolute atomic E-state index is 9.00. The van der Waals surface area contributed by atoms with E-state index in [2.05, 4.69) is 6.58 Å². The van der Waals surface area contributed by atoms with Crippen LogP contribution in [0.5, 0.6) is 0 Å². The van der Waals surface area contributed by atoms with Crippen LogP contribution >= 0.6 is 0 Å². The van der Waals surface area contributed by atoms with Gasteiger partial charge in [-0.05, 0) is 19.8 Å². The smallest absolute Gasteiger partial charge is 0.0598 e. The van der Waals surface area contributed by atoms with Gasteiger partial charge in [-0.3, -0.25) is 0 Å². The van der Waals surface area contributed by atoms with Crippen LogP contribution in [-0.4, -0.2) is 22.9 Å². The third-order valence-electron chi connectivity index (χ3n) is 1.05. The molecule has 0 aliphatic rings. The van der Waals surface area contributed by atoms with E-state index in [0.717, 1.165) is 5.57 Å². The number of aliphatic hydroxyl groups is 2. The first kappa shape index (κ1) is 8.66. The number of hydrogen-bond donors (Lipinski definition) is 2. The summed E-state index contributed by atoms with van der Waals surface area (Å²) in [5, 5.41) is 17.4. The summed E-state index contributed by atoms with van der Waals surface area (Å²) in [5.41, 5.74) is 0.955. The molecule has 0 unspecified atom stereocenters. The van der Waals surface area contributed by atoms with Crippen molar-refractivity contribution in [1.82, 2.24) is 0 Å². The highest BCUT2D eigenvalue weighted by Crippen LogP contribution is 2.03. The molecule has 0 saturated carbocycles. The van der Waals surface area contributed by atoms with Crippen LogP contribution in [0.3, 0.4) is 0 Å². The number of aliphatic hydroxyl groups excluding tert-OH is 2. The Morgan fingerprint density at radius 1 is 1.67 bits per heavy atom. The summed E-state index contributed by atoms with van der Waals surface area (Å²) in [6.07, 6.45) is 0.639. The van der Waals surface area contributed by atoms with Gasteiger partial charge in [-0.2, -0.15) is 0 Å². The lowest BCUT2D eigenvalue weighted by Crippen LogP contribution is -2.08. The highest BCUT2D eigenvalue weighted by Gasteiger charge is 2.01. The van der Waals surface area contributed by atoms with Gasteiger partial charge in [0, 0.05) is 6.61 Å². The van der Waals surface area contributed by atoms with Gasteiger partial charge in [-0.25, -0.2) is 0 Å². The van der Waals surface area contributed by atoms with Crippen LogP contribution in [0, 0.1) is 0 Å². The molecule has 2 N–H and O–H groups in total. The van der Waals surface area contributed by atoms with Crippen molar-refractivity contribution in [2.24, 2.45) is 0 Å². The van der Waals surface area contributed by atoms with Crippen molar-refractivity contribution in [3.8, 4) is 0 Å². The molecule has 2 nitrogen and oxygen atoms in total. The van der Waals surface area contributed by atoms with E-state index in [1.54, 1.807) is 0 Å². The molecule has 0 aliphatic carbocycles. The lowest BCUT2D eigenvalue weighted by atomic mass is 10.1. The first-order valence-electron chi connectivity index (χ1n) is 3.10. The molecular formula is C7H14O2. The van der Waals surface area contributed by atoms with Crippen LogP contribution in [0.25, 0.3) is 0 Å². The Bertz CT molecular complexity index is 88.9. The van der Waals surface area contributed by atoms with Crippen molar-refractivity contribution < 1.29 is 10.2 Å². The molecule has 0 fully saturated rings. The molecule has 0 aromatic heterocycles. The topological polar surface area (TPSA) is 40.5 Å². The predicted molar refractivity (Wildman–Crippen MR) is 37.1 cm³/mol. The zero-order chi connectivity index (χ0) is 7.28. The van der Waals surface area contributed by atoms with Crippen molar-refractivity contribution in [1.29, 1.82) is 0 Å². The minimum atomic E-state index is -0.410. The Morgan fingerprint density at radius 3 is 2.56 bits per heavy atom. The van der Waals surface area contributed by atoms with Gasteiger partial charge in [0.05, 0.1) is 6.10 Å². The maximum atomic E-state index is 9.00. The van der Waals surface area contributed by atoms with E-state index in [-0.39, 0.29) is 6.61 Å². The number of hydrogen-bond acceptors (Lipinski definition) is 2. The molecule has 54 valence electrons. The fourth-order valence-electron chi connectivity index (χ4n) is 0.653. The minimum absolute atomic E-state index is 0.0500. The molecule has 0 aromatic rings. The summed E-state index contributed by atoms with van der Waals surface area (Å²) >= 11 is 0. The van der Waals surface area contributed by atoms with E-state index < -0.39 is 6.10 Å².